The highest BCUT2D eigenvalue weighted by atomic mass is 16.5. The van der Waals surface area contributed by atoms with E-state index >= 15 is 0 Å². The number of carbonyl (C=O) groups is 3. The van der Waals surface area contributed by atoms with Gasteiger partial charge in [-0.2, -0.15) is 0 Å². The zero-order chi connectivity index (χ0) is 18.8. The number of ether oxygens (including phenoxy) is 2. The summed E-state index contributed by atoms with van der Waals surface area (Å²) in [5, 5.41) is 0. The molecule has 0 bridgehead atoms. The fourth-order valence-corrected chi connectivity index (χ4v) is 2.39. The number of amides is 1. The Morgan fingerprint density at radius 1 is 1.08 bits per heavy atom. The summed E-state index contributed by atoms with van der Waals surface area (Å²) in [7, 11) is 2.87. The van der Waals surface area contributed by atoms with Gasteiger partial charge in [0.05, 0.1) is 19.6 Å². The summed E-state index contributed by atoms with van der Waals surface area (Å²) < 4.78 is 9.72. The van der Waals surface area contributed by atoms with E-state index < -0.39 is 5.92 Å². The van der Waals surface area contributed by atoms with E-state index in [9.17, 15) is 14.4 Å². The van der Waals surface area contributed by atoms with Crippen LogP contribution in [0.5, 0.6) is 0 Å². The van der Waals surface area contributed by atoms with Crippen molar-refractivity contribution in [2.45, 2.75) is 26.7 Å². The van der Waals surface area contributed by atoms with E-state index in [0.717, 1.165) is 5.56 Å². The molecule has 6 nitrogen and oxygen atoms in total. The van der Waals surface area contributed by atoms with Crippen LogP contribution in [0.2, 0.25) is 0 Å². The smallest absolute Gasteiger partial charge is 0.310 e. The second-order valence-corrected chi connectivity index (χ2v) is 6.05. The predicted molar refractivity (Wildman–Crippen MR) is 94.4 cm³/mol. The number of methoxy groups -OCH3 is 2. The molecule has 1 atom stereocenters. The molecule has 138 valence electrons. The molecule has 0 saturated carbocycles. The molecule has 0 spiro atoms. The van der Waals surface area contributed by atoms with E-state index in [2.05, 4.69) is 0 Å². The first-order chi connectivity index (χ1) is 11.9. The number of esters is 1. The minimum Gasteiger partial charge on any atom is -0.469 e. The summed E-state index contributed by atoms with van der Waals surface area (Å²) >= 11 is 0. The van der Waals surface area contributed by atoms with Gasteiger partial charge in [0.15, 0.2) is 5.78 Å². The maximum Gasteiger partial charge on any atom is 0.310 e. The van der Waals surface area contributed by atoms with Gasteiger partial charge in [0.25, 0.3) is 0 Å². The van der Waals surface area contributed by atoms with Crippen LogP contribution >= 0.6 is 0 Å². The van der Waals surface area contributed by atoms with Crippen molar-refractivity contribution in [3.05, 3.63) is 35.4 Å². The number of ketones is 1. The summed E-state index contributed by atoms with van der Waals surface area (Å²) in [5.41, 5.74) is 1.68. The number of benzene rings is 1. The molecule has 0 aliphatic carbocycles. The van der Waals surface area contributed by atoms with Crippen molar-refractivity contribution in [1.29, 1.82) is 0 Å². The topological polar surface area (TPSA) is 72.9 Å². The normalized spacial score (nSPS) is 11.7. The van der Waals surface area contributed by atoms with Crippen molar-refractivity contribution in [3.8, 4) is 0 Å². The van der Waals surface area contributed by atoms with Gasteiger partial charge < -0.3 is 14.4 Å². The molecule has 0 saturated heterocycles. The van der Waals surface area contributed by atoms with Gasteiger partial charge in [-0.05, 0) is 6.92 Å². The Morgan fingerprint density at radius 3 is 2.28 bits per heavy atom. The van der Waals surface area contributed by atoms with Crippen LogP contribution in [0.25, 0.3) is 0 Å². The molecule has 1 rings (SSSR count). The van der Waals surface area contributed by atoms with Crippen LogP contribution in [-0.4, -0.2) is 56.5 Å². The maximum atomic E-state index is 12.5. The van der Waals surface area contributed by atoms with Crippen molar-refractivity contribution in [3.63, 3.8) is 0 Å². The summed E-state index contributed by atoms with van der Waals surface area (Å²) in [6.45, 7) is 4.64. The van der Waals surface area contributed by atoms with Crippen molar-refractivity contribution in [2.24, 2.45) is 5.92 Å². The van der Waals surface area contributed by atoms with Crippen molar-refractivity contribution < 1.29 is 23.9 Å². The number of aryl methyl sites for hydroxylation is 1. The van der Waals surface area contributed by atoms with E-state index in [1.54, 1.807) is 31.1 Å². The van der Waals surface area contributed by atoms with Gasteiger partial charge in [0.1, 0.15) is 0 Å². The van der Waals surface area contributed by atoms with Gasteiger partial charge in [-0.25, -0.2) is 0 Å². The number of Topliss-reactive ketones (excluding diaryl/α,β-unsaturated/α-hetero) is 1. The molecule has 1 amide bonds. The lowest BCUT2D eigenvalue weighted by molar-refractivity contribution is -0.146. The van der Waals surface area contributed by atoms with Crippen LogP contribution in [0, 0.1) is 12.8 Å². The van der Waals surface area contributed by atoms with Gasteiger partial charge in [0.2, 0.25) is 5.91 Å². The molecule has 0 aromatic heterocycles. The first-order valence-corrected chi connectivity index (χ1v) is 8.33. The van der Waals surface area contributed by atoms with Gasteiger partial charge in [-0.15, -0.1) is 0 Å². The molecule has 1 aromatic rings. The van der Waals surface area contributed by atoms with Crippen molar-refractivity contribution in [1.82, 2.24) is 4.90 Å². The molecule has 0 heterocycles. The van der Waals surface area contributed by atoms with Crippen LogP contribution < -0.4 is 0 Å². The first kappa shape index (κ1) is 20.8. The van der Waals surface area contributed by atoms with Crippen molar-refractivity contribution >= 4 is 17.7 Å². The molecule has 0 N–H and O–H groups in total. The molecule has 1 unspecified atom stereocenters. The van der Waals surface area contributed by atoms with Crippen LogP contribution in [0.3, 0.4) is 0 Å². The summed E-state index contributed by atoms with van der Waals surface area (Å²) in [5.74, 6) is -1.04. The summed E-state index contributed by atoms with van der Waals surface area (Å²) in [4.78, 5) is 37.8. The zero-order valence-electron chi connectivity index (χ0n) is 15.4. The standard InChI is InChI=1S/C19H27NO5/c1-14-5-7-16(8-6-14)17(21)9-10-18(22)20(11-12-24-3)13-15(2)19(23)25-4/h5-8,15H,9-13H2,1-4H3. The molecule has 0 radical (unpaired) electrons. The monoisotopic (exact) mass is 349 g/mol. The lowest BCUT2D eigenvalue weighted by atomic mass is 10.0. The minimum absolute atomic E-state index is 0.0685. The van der Waals surface area contributed by atoms with E-state index in [0.29, 0.717) is 18.7 Å². The molecular formula is C19H27NO5. The number of carbonyl (C=O) groups excluding carboxylic acids is 3. The first-order valence-electron chi connectivity index (χ1n) is 8.33. The Labute approximate surface area is 149 Å². The third-order valence-corrected chi connectivity index (χ3v) is 3.96. The van der Waals surface area contributed by atoms with Crippen LogP contribution in [0.15, 0.2) is 24.3 Å². The minimum atomic E-state index is -0.432. The average molecular weight is 349 g/mol. The lowest BCUT2D eigenvalue weighted by Gasteiger charge is -2.24. The fourth-order valence-electron chi connectivity index (χ4n) is 2.39. The van der Waals surface area contributed by atoms with Crippen molar-refractivity contribution in [2.75, 3.05) is 33.9 Å². The number of hydrogen-bond donors (Lipinski definition) is 0. The molecule has 6 heteroatoms. The fraction of sp³-hybridized carbons (Fsp3) is 0.526. The second-order valence-electron chi connectivity index (χ2n) is 6.05. The molecular weight excluding hydrogens is 322 g/mol. The number of nitrogens with zero attached hydrogens (tertiary/aromatic N) is 1. The number of rotatable bonds is 10. The van der Waals surface area contributed by atoms with Crippen LogP contribution in [0.4, 0.5) is 0 Å². The van der Waals surface area contributed by atoms with Gasteiger partial charge in [0, 0.05) is 38.6 Å². The van der Waals surface area contributed by atoms with E-state index in [4.69, 9.17) is 9.47 Å². The molecule has 0 aliphatic rings. The zero-order valence-corrected chi connectivity index (χ0v) is 15.4. The van der Waals surface area contributed by atoms with Crippen LogP contribution in [0.1, 0.15) is 35.7 Å². The maximum absolute atomic E-state index is 12.5. The SMILES string of the molecule is COCCN(CC(C)C(=O)OC)C(=O)CCC(=O)c1ccc(C)cc1. The Hall–Kier alpha value is -2.21. The van der Waals surface area contributed by atoms with E-state index in [1.165, 1.54) is 7.11 Å². The van der Waals surface area contributed by atoms with Gasteiger partial charge >= 0.3 is 5.97 Å². The lowest BCUT2D eigenvalue weighted by Crippen LogP contribution is -2.39. The van der Waals surface area contributed by atoms with E-state index in [-0.39, 0.29) is 37.0 Å². The van der Waals surface area contributed by atoms with Gasteiger partial charge in [-0.1, -0.05) is 36.8 Å². The Bertz CT molecular complexity index is 582. The second kappa shape index (κ2) is 10.6. The van der Waals surface area contributed by atoms with Gasteiger partial charge in [-0.3, -0.25) is 14.4 Å². The average Bonchev–Trinajstić information content (AvgIpc) is 2.62. The Balaban J connectivity index is 2.62. The highest BCUT2D eigenvalue weighted by Crippen LogP contribution is 2.10. The Kier molecular flexibility index (Phi) is 8.84. The summed E-state index contributed by atoms with van der Waals surface area (Å²) in [6.07, 6.45) is 0.238. The highest BCUT2D eigenvalue weighted by molar-refractivity contribution is 5.98. The highest BCUT2D eigenvalue weighted by Gasteiger charge is 2.22. The quantitative estimate of drug-likeness (QED) is 0.478. The summed E-state index contributed by atoms with van der Waals surface area (Å²) in [6, 6.07) is 7.28. The largest absolute Gasteiger partial charge is 0.469 e. The van der Waals surface area contributed by atoms with E-state index in [1.807, 2.05) is 19.1 Å². The molecule has 1 aromatic carbocycles. The molecule has 25 heavy (non-hydrogen) atoms. The Morgan fingerprint density at radius 2 is 1.72 bits per heavy atom. The third-order valence-electron chi connectivity index (χ3n) is 3.96. The molecule has 0 fully saturated rings. The van der Waals surface area contributed by atoms with Crippen LogP contribution in [-0.2, 0) is 19.1 Å². The third kappa shape index (κ3) is 7.05. The molecule has 0 aliphatic heterocycles. The predicted octanol–water partition coefficient (Wildman–Crippen LogP) is 2.24. The number of hydrogen-bond acceptors (Lipinski definition) is 5.